The Morgan fingerprint density at radius 2 is 1.89 bits per heavy atom. The van der Waals surface area contributed by atoms with Gasteiger partial charge in [-0.3, -0.25) is 9.10 Å². The first-order chi connectivity index (χ1) is 12.9. The van der Waals surface area contributed by atoms with Crippen LogP contribution in [-0.2, 0) is 21.2 Å². The molecule has 0 saturated carbocycles. The molecule has 2 aromatic rings. The van der Waals surface area contributed by atoms with Crippen molar-refractivity contribution in [3.63, 3.8) is 0 Å². The zero-order chi connectivity index (χ0) is 19.4. The molecule has 0 aromatic heterocycles. The summed E-state index contributed by atoms with van der Waals surface area (Å²) in [6.07, 6.45) is 2.71. The summed E-state index contributed by atoms with van der Waals surface area (Å²) >= 11 is 0. The smallest absolute Gasteiger partial charge is 0.235 e. The van der Waals surface area contributed by atoms with E-state index in [2.05, 4.69) is 24.4 Å². The summed E-state index contributed by atoms with van der Waals surface area (Å²) in [5, 5.41) is 2.94. The first-order valence-corrected chi connectivity index (χ1v) is 10.9. The van der Waals surface area contributed by atoms with Crippen LogP contribution in [0.2, 0.25) is 0 Å². The normalized spacial score (nSPS) is 15.7. The number of sulfonamides is 1. The maximum atomic E-state index is 12.4. The zero-order valence-corrected chi connectivity index (χ0v) is 16.7. The lowest BCUT2D eigenvalue weighted by molar-refractivity contribution is -0.116. The van der Waals surface area contributed by atoms with Crippen molar-refractivity contribution in [1.82, 2.24) is 0 Å². The van der Waals surface area contributed by atoms with Crippen LogP contribution < -0.4 is 9.62 Å². The third-order valence-electron chi connectivity index (χ3n) is 4.99. The molecule has 1 fully saturated rings. The molecule has 0 atom stereocenters. The van der Waals surface area contributed by atoms with E-state index in [4.69, 9.17) is 0 Å². The summed E-state index contributed by atoms with van der Waals surface area (Å²) in [4.78, 5) is 12.4. The van der Waals surface area contributed by atoms with Gasteiger partial charge in [0.15, 0.2) is 0 Å². The van der Waals surface area contributed by atoms with E-state index in [0.717, 1.165) is 18.4 Å². The fraction of sp³-hybridized carbons (Fsp3) is 0.381. The highest BCUT2D eigenvalue weighted by molar-refractivity contribution is 7.93. The van der Waals surface area contributed by atoms with Crippen LogP contribution in [0, 0.1) is 13.8 Å². The predicted octanol–water partition coefficient (Wildman–Crippen LogP) is 3.80. The van der Waals surface area contributed by atoms with Gasteiger partial charge in [-0.25, -0.2) is 8.42 Å². The average Bonchev–Trinajstić information content (AvgIpc) is 2.98. The van der Waals surface area contributed by atoms with E-state index >= 15 is 0 Å². The fourth-order valence-corrected chi connectivity index (χ4v) is 4.93. The van der Waals surface area contributed by atoms with Crippen LogP contribution in [-0.4, -0.2) is 26.6 Å². The Labute approximate surface area is 161 Å². The Kier molecular flexibility index (Phi) is 5.85. The summed E-state index contributed by atoms with van der Waals surface area (Å²) in [7, 11) is -3.23. The van der Waals surface area contributed by atoms with Crippen molar-refractivity contribution in [2.75, 3.05) is 21.9 Å². The van der Waals surface area contributed by atoms with Crippen LogP contribution in [0.15, 0.2) is 42.5 Å². The maximum absolute atomic E-state index is 12.4. The van der Waals surface area contributed by atoms with Gasteiger partial charge < -0.3 is 5.32 Å². The SMILES string of the molecule is Cc1ccccc1CCCC(=O)Nc1cc(N2CCCS2(=O)=O)ccc1C. The Morgan fingerprint density at radius 1 is 1.11 bits per heavy atom. The number of hydrogen-bond acceptors (Lipinski definition) is 3. The minimum Gasteiger partial charge on any atom is -0.326 e. The number of aryl methyl sites for hydroxylation is 3. The van der Waals surface area contributed by atoms with E-state index in [1.54, 1.807) is 12.1 Å². The van der Waals surface area contributed by atoms with E-state index < -0.39 is 10.0 Å². The maximum Gasteiger partial charge on any atom is 0.235 e. The van der Waals surface area contributed by atoms with Crippen molar-refractivity contribution in [3.05, 3.63) is 59.2 Å². The van der Waals surface area contributed by atoms with E-state index in [1.807, 2.05) is 25.1 Å². The summed E-state index contributed by atoms with van der Waals surface area (Å²) in [6.45, 7) is 4.48. The van der Waals surface area contributed by atoms with Crippen LogP contribution in [0.3, 0.4) is 0 Å². The number of amides is 1. The molecule has 1 heterocycles. The lowest BCUT2D eigenvalue weighted by atomic mass is 10.0. The van der Waals surface area contributed by atoms with Gasteiger partial charge in [-0.05, 0) is 61.9 Å². The monoisotopic (exact) mass is 386 g/mol. The molecule has 1 N–H and O–H groups in total. The molecular formula is C21H26N2O3S. The molecule has 1 aliphatic heterocycles. The highest BCUT2D eigenvalue weighted by Crippen LogP contribution is 2.28. The van der Waals surface area contributed by atoms with Crippen LogP contribution in [0.1, 0.15) is 36.0 Å². The molecule has 0 radical (unpaired) electrons. The number of nitrogens with one attached hydrogen (secondary N) is 1. The lowest BCUT2D eigenvalue weighted by Crippen LogP contribution is -2.25. The van der Waals surface area contributed by atoms with Gasteiger partial charge in [0.25, 0.3) is 0 Å². The standard InChI is InChI=1S/C21H26N2O3S/c1-16-7-3-4-8-18(16)9-5-10-21(24)22-20-15-19(12-11-17(20)2)23-13-6-14-27(23,25)26/h3-4,7-8,11-12,15H,5-6,9-10,13-14H2,1-2H3,(H,22,24). The van der Waals surface area contributed by atoms with Crippen molar-refractivity contribution in [1.29, 1.82) is 0 Å². The average molecular weight is 387 g/mol. The fourth-order valence-electron chi connectivity index (χ4n) is 3.37. The number of anilines is 2. The van der Waals surface area contributed by atoms with Gasteiger partial charge in [0.1, 0.15) is 0 Å². The highest BCUT2D eigenvalue weighted by Gasteiger charge is 2.28. The predicted molar refractivity (Wildman–Crippen MR) is 110 cm³/mol. The van der Waals surface area contributed by atoms with Crippen molar-refractivity contribution >= 4 is 27.3 Å². The Hall–Kier alpha value is -2.34. The Balaban J connectivity index is 1.62. The van der Waals surface area contributed by atoms with Crippen LogP contribution in [0.25, 0.3) is 0 Å². The quantitative estimate of drug-likeness (QED) is 0.821. The molecule has 6 heteroatoms. The van der Waals surface area contributed by atoms with Crippen molar-refractivity contribution < 1.29 is 13.2 Å². The van der Waals surface area contributed by atoms with Gasteiger partial charge in [-0.15, -0.1) is 0 Å². The molecule has 3 rings (SSSR count). The third kappa shape index (κ3) is 4.69. The molecule has 5 nitrogen and oxygen atoms in total. The van der Waals surface area contributed by atoms with E-state index in [0.29, 0.717) is 30.8 Å². The number of carbonyl (C=O) groups is 1. The molecule has 1 aliphatic rings. The van der Waals surface area contributed by atoms with Crippen LogP contribution in [0.4, 0.5) is 11.4 Å². The first-order valence-electron chi connectivity index (χ1n) is 9.32. The van der Waals surface area contributed by atoms with Crippen LogP contribution >= 0.6 is 0 Å². The molecular weight excluding hydrogens is 360 g/mol. The molecule has 1 saturated heterocycles. The second kappa shape index (κ2) is 8.13. The van der Waals surface area contributed by atoms with Crippen molar-refractivity contribution in [2.45, 2.75) is 39.5 Å². The van der Waals surface area contributed by atoms with E-state index in [1.165, 1.54) is 15.4 Å². The van der Waals surface area contributed by atoms with Gasteiger partial charge in [0.05, 0.1) is 11.4 Å². The molecule has 1 amide bonds. The second-order valence-electron chi connectivity index (χ2n) is 7.07. The van der Waals surface area contributed by atoms with Gasteiger partial charge in [-0.2, -0.15) is 0 Å². The van der Waals surface area contributed by atoms with Gasteiger partial charge in [0.2, 0.25) is 15.9 Å². The second-order valence-corrected chi connectivity index (χ2v) is 9.08. The Bertz CT molecular complexity index is 938. The number of rotatable bonds is 6. The van der Waals surface area contributed by atoms with E-state index in [-0.39, 0.29) is 11.7 Å². The number of hydrogen-bond donors (Lipinski definition) is 1. The minimum atomic E-state index is -3.23. The molecule has 0 spiro atoms. The summed E-state index contributed by atoms with van der Waals surface area (Å²) < 4.78 is 25.7. The summed E-state index contributed by atoms with van der Waals surface area (Å²) in [5.41, 5.74) is 4.72. The number of benzene rings is 2. The first kappa shape index (κ1) is 19.4. The number of nitrogens with zero attached hydrogens (tertiary/aromatic N) is 1. The van der Waals surface area contributed by atoms with Crippen molar-refractivity contribution in [2.24, 2.45) is 0 Å². The van der Waals surface area contributed by atoms with Crippen molar-refractivity contribution in [3.8, 4) is 0 Å². The largest absolute Gasteiger partial charge is 0.326 e. The molecule has 2 aromatic carbocycles. The summed E-state index contributed by atoms with van der Waals surface area (Å²) in [6, 6.07) is 13.6. The topological polar surface area (TPSA) is 66.5 Å². The zero-order valence-electron chi connectivity index (χ0n) is 15.9. The van der Waals surface area contributed by atoms with Gasteiger partial charge in [0, 0.05) is 18.7 Å². The van der Waals surface area contributed by atoms with Crippen LogP contribution in [0.5, 0.6) is 0 Å². The molecule has 27 heavy (non-hydrogen) atoms. The van der Waals surface area contributed by atoms with Gasteiger partial charge >= 0.3 is 0 Å². The number of carbonyl (C=O) groups excluding carboxylic acids is 1. The highest BCUT2D eigenvalue weighted by atomic mass is 32.2. The lowest BCUT2D eigenvalue weighted by Gasteiger charge is -2.19. The van der Waals surface area contributed by atoms with Gasteiger partial charge in [-0.1, -0.05) is 30.3 Å². The molecule has 144 valence electrons. The third-order valence-corrected chi connectivity index (χ3v) is 6.86. The Morgan fingerprint density at radius 3 is 2.59 bits per heavy atom. The molecule has 0 aliphatic carbocycles. The minimum absolute atomic E-state index is 0.0480. The molecule has 0 bridgehead atoms. The molecule has 0 unspecified atom stereocenters. The summed E-state index contributed by atoms with van der Waals surface area (Å²) in [5.74, 6) is 0.134. The van der Waals surface area contributed by atoms with E-state index in [9.17, 15) is 13.2 Å².